The number of halogens is 1. The van der Waals surface area contributed by atoms with Gasteiger partial charge in [-0.2, -0.15) is 0 Å². The maximum absolute atomic E-state index is 12.5. The summed E-state index contributed by atoms with van der Waals surface area (Å²) in [7, 11) is 0. The van der Waals surface area contributed by atoms with E-state index >= 15 is 0 Å². The highest BCUT2D eigenvalue weighted by Gasteiger charge is 2.25. The lowest BCUT2D eigenvalue weighted by Crippen LogP contribution is -2.53. The molecule has 1 aromatic carbocycles. The second kappa shape index (κ2) is 13.4. The van der Waals surface area contributed by atoms with Crippen LogP contribution in [0.15, 0.2) is 52.1 Å². The molecule has 1 N–H and O–H groups in total. The highest BCUT2D eigenvalue weighted by atomic mass is 127. The van der Waals surface area contributed by atoms with Gasteiger partial charge in [0.05, 0.1) is 19.4 Å². The number of nitrogens with zero attached hydrogens (tertiary/aromatic N) is 3. The van der Waals surface area contributed by atoms with Crippen LogP contribution in [0.2, 0.25) is 0 Å². The molecule has 1 aliphatic rings. The fourth-order valence-corrected chi connectivity index (χ4v) is 3.44. The number of hydrogen-bond acceptors (Lipinski definition) is 4. The lowest BCUT2D eigenvalue weighted by Gasteiger charge is -2.36. The van der Waals surface area contributed by atoms with E-state index < -0.39 is 0 Å². The first-order chi connectivity index (χ1) is 14.7. The topological polar surface area (TPSA) is 70.3 Å². The first kappa shape index (κ1) is 25.2. The van der Waals surface area contributed by atoms with Gasteiger partial charge in [0, 0.05) is 39.3 Å². The van der Waals surface area contributed by atoms with Gasteiger partial charge in [0.25, 0.3) is 5.91 Å². The number of rotatable bonds is 8. The van der Waals surface area contributed by atoms with Crippen molar-refractivity contribution in [1.82, 2.24) is 15.1 Å². The first-order valence-corrected chi connectivity index (χ1v) is 10.7. The monoisotopic (exact) mass is 540 g/mol. The Morgan fingerprint density at radius 1 is 1.06 bits per heavy atom. The summed E-state index contributed by atoms with van der Waals surface area (Å²) < 4.78 is 11.0. The zero-order valence-electron chi connectivity index (χ0n) is 18.4. The van der Waals surface area contributed by atoms with Gasteiger partial charge in [-0.05, 0) is 36.6 Å². The molecule has 170 valence electrons. The number of piperazine rings is 1. The zero-order valence-corrected chi connectivity index (χ0v) is 20.7. The molecular weight excluding hydrogens is 507 g/mol. The number of carbonyl (C=O) groups is 1. The molecule has 31 heavy (non-hydrogen) atoms. The highest BCUT2D eigenvalue weighted by molar-refractivity contribution is 14.0. The van der Waals surface area contributed by atoms with Crippen LogP contribution in [0.1, 0.15) is 41.9 Å². The Kier molecular flexibility index (Phi) is 10.9. The zero-order chi connectivity index (χ0) is 21.2. The van der Waals surface area contributed by atoms with Crippen LogP contribution in [0.25, 0.3) is 0 Å². The second-order valence-corrected chi connectivity index (χ2v) is 7.25. The van der Waals surface area contributed by atoms with Crippen LogP contribution in [0, 0.1) is 0 Å². The molecule has 1 amide bonds. The molecule has 0 radical (unpaired) electrons. The summed E-state index contributed by atoms with van der Waals surface area (Å²) >= 11 is 0. The summed E-state index contributed by atoms with van der Waals surface area (Å²) in [6.45, 7) is 9.71. The van der Waals surface area contributed by atoms with Crippen molar-refractivity contribution in [2.75, 3.05) is 39.3 Å². The van der Waals surface area contributed by atoms with Crippen molar-refractivity contribution >= 4 is 35.8 Å². The molecule has 0 atom stereocenters. The Labute approximate surface area is 201 Å². The van der Waals surface area contributed by atoms with Crippen molar-refractivity contribution in [3.05, 3.63) is 59.5 Å². The van der Waals surface area contributed by atoms with Gasteiger partial charge in [-0.15, -0.1) is 24.0 Å². The third-order valence-corrected chi connectivity index (χ3v) is 5.06. The number of guanidine groups is 1. The van der Waals surface area contributed by atoms with Crippen LogP contribution < -0.4 is 5.32 Å². The quantitative estimate of drug-likeness (QED) is 0.239. The molecule has 2 aromatic rings. The first-order valence-electron chi connectivity index (χ1n) is 10.7. The van der Waals surface area contributed by atoms with Crippen molar-refractivity contribution in [2.45, 2.75) is 33.4 Å². The van der Waals surface area contributed by atoms with Crippen LogP contribution in [-0.2, 0) is 17.9 Å². The van der Waals surface area contributed by atoms with Gasteiger partial charge in [-0.1, -0.05) is 31.2 Å². The number of carbonyl (C=O) groups excluding carboxylic acids is 1. The smallest absolute Gasteiger partial charge is 0.289 e. The van der Waals surface area contributed by atoms with Crippen LogP contribution >= 0.6 is 24.0 Å². The molecule has 8 heteroatoms. The van der Waals surface area contributed by atoms with Crippen LogP contribution in [0.3, 0.4) is 0 Å². The van der Waals surface area contributed by atoms with Crippen LogP contribution in [0.5, 0.6) is 0 Å². The van der Waals surface area contributed by atoms with E-state index in [4.69, 9.17) is 14.1 Å². The Balaban J connectivity index is 0.00000341. The number of amides is 1. The van der Waals surface area contributed by atoms with E-state index in [1.807, 2.05) is 17.0 Å². The highest BCUT2D eigenvalue weighted by Crippen LogP contribution is 2.13. The second-order valence-electron chi connectivity index (χ2n) is 7.25. The summed E-state index contributed by atoms with van der Waals surface area (Å²) in [6.07, 6.45) is 2.55. The van der Waals surface area contributed by atoms with E-state index in [0.717, 1.165) is 38.6 Å². The molecule has 3 rings (SSSR count). The number of hydrogen-bond donors (Lipinski definition) is 1. The lowest BCUT2D eigenvalue weighted by molar-refractivity contribution is 0.0657. The Bertz CT molecular complexity index is 818. The third-order valence-electron chi connectivity index (χ3n) is 5.06. The predicted molar refractivity (Wildman–Crippen MR) is 133 cm³/mol. The minimum absolute atomic E-state index is 0. The summed E-state index contributed by atoms with van der Waals surface area (Å²) in [5.74, 6) is 1.22. The molecule has 0 bridgehead atoms. The van der Waals surface area contributed by atoms with E-state index in [2.05, 4.69) is 36.2 Å². The Morgan fingerprint density at radius 3 is 2.42 bits per heavy atom. The van der Waals surface area contributed by atoms with Gasteiger partial charge in [-0.3, -0.25) is 4.79 Å². The van der Waals surface area contributed by atoms with Crippen molar-refractivity contribution in [3.8, 4) is 0 Å². The van der Waals surface area contributed by atoms with Crippen molar-refractivity contribution in [2.24, 2.45) is 4.99 Å². The number of nitrogens with one attached hydrogen (secondary N) is 1. The van der Waals surface area contributed by atoms with E-state index in [1.165, 1.54) is 17.4 Å². The minimum Gasteiger partial charge on any atom is -0.459 e. The normalized spacial score (nSPS) is 14.3. The number of aliphatic imine (C=N–C) groups is 1. The van der Waals surface area contributed by atoms with Gasteiger partial charge in [0.1, 0.15) is 0 Å². The van der Waals surface area contributed by atoms with E-state index in [0.29, 0.717) is 32.0 Å². The molecule has 1 aromatic heterocycles. The minimum atomic E-state index is -0.0532. The van der Waals surface area contributed by atoms with Crippen molar-refractivity contribution < 1.29 is 13.9 Å². The third kappa shape index (κ3) is 7.24. The average Bonchev–Trinajstić information content (AvgIpc) is 3.32. The molecule has 0 aliphatic carbocycles. The standard InChI is InChI=1S/C23H32N4O3.HI/c1-3-15-29-18-20-9-6-5-8-19(20)17-25-23(24-4-2)27-13-11-26(12-14-27)22(28)21-10-7-16-30-21;/h5-10,16H,3-4,11-15,17-18H2,1-2H3,(H,24,25);1H. The molecule has 1 aliphatic heterocycles. The van der Waals surface area contributed by atoms with E-state index in [-0.39, 0.29) is 29.9 Å². The molecule has 0 spiro atoms. The van der Waals surface area contributed by atoms with Gasteiger partial charge < -0.3 is 24.3 Å². The molecular formula is C23H33IN4O3. The number of ether oxygens (including phenoxy) is 1. The van der Waals surface area contributed by atoms with Crippen molar-refractivity contribution in [1.29, 1.82) is 0 Å². The maximum atomic E-state index is 12.5. The summed E-state index contributed by atoms with van der Waals surface area (Å²) in [5, 5.41) is 3.39. The maximum Gasteiger partial charge on any atom is 0.289 e. The van der Waals surface area contributed by atoms with E-state index in [1.54, 1.807) is 12.1 Å². The average molecular weight is 540 g/mol. The van der Waals surface area contributed by atoms with Gasteiger partial charge in [0.2, 0.25) is 0 Å². The summed E-state index contributed by atoms with van der Waals surface area (Å²) in [5.41, 5.74) is 2.36. The lowest BCUT2D eigenvalue weighted by atomic mass is 10.1. The molecule has 0 saturated carbocycles. The number of benzene rings is 1. The van der Waals surface area contributed by atoms with Crippen LogP contribution in [0.4, 0.5) is 0 Å². The summed E-state index contributed by atoms with van der Waals surface area (Å²) in [6, 6.07) is 11.7. The molecule has 1 saturated heterocycles. The summed E-state index contributed by atoms with van der Waals surface area (Å²) in [4.78, 5) is 21.4. The fraction of sp³-hybridized carbons (Fsp3) is 0.478. The Hall–Kier alpha value is -2.07. The molecule has 1 fully saturated rings. The fourth-order valence-electron chi connectivity index (χ4n) is 3.44. The van der Waals surface area contributed by atoms with Crippen molar-refractivity contribution in [3.63, 3.8) is 0 Å². The van der Waals surface area contributed by atoms with Gasteiger partial charge in [0.15, 0.2) is 11.7 Å². The van der Waals surface area contributed by atoms with E-state index in [9.17, 15) is 4.79 Å². The van der Waals surface area contributed by atoms with Gasteiger partial charge in [-0.25, -0.2) is 4.99 Å². The predicted octanol–water partition coefficient (Wildman–Crippen LogP) is 3.75. The SMILES string of the molecule is CCCOCc1ccccc1CN=C(NCC)N1CCN(C(=O)c2ccco2)CC1.I. The largest absolute Gasteiger partial charge is 0.459 e. The van der Waals surface area contributed by atoms with Crippen LogP contribution in [-0.4, -0.2) is 61.0 Å². The number of furan rings is 1. The molecule has 0 unspecified atom stereocenters. The Morgan fingerprint density at radius 2 is 1.77 bits per heavy atom. The molecule has 7 nitrogen and oxygen atoms in total. The molecule has 2 heterocycles. The van der Waals surface area contributed by atoms with Gasteiger partial charge >= 0.3 is 0 Å².